The Morgan fingerprint density at radius 3 is 2.19 bits per heavy atom. The standard InChI is InChI=1S/C29H39BN2O7.C21H18O7/c1-18(2)15-21-5-7-22(8-6-21)19(3)28(33)31-16-26(23-9-11-24(12-10-23)30(35)36)39-29(34)32-17-38-27-20(4)37-14-13-25(27)32;1-28-14-4-2-3-11-15(14)21(27)17-16(19(11)25)20(26)12-7-9(13(23)8-22)5-6-10(12)18(17)24/h5-12,18-20,25-27,35-36H,13-17H2,1-4H3,(H,31,33);2-4,9,22,24,26H,5-8H2,1H3. The van der Waals surface area contributed by atoms with E-state index in [-0.39, 0.29) is 101 Å². The molecule has 0 spiro atoms. The number of ether oxygens (including phenoxy) is 4. The predicted octanol–water partition coefficient (Wildman–Crippen LogP) is 4.05. The number of fused-ring (bicyclic) bond motifs is 4. The minimum atomic E-state index is -1.61. The van der Waals surface area contributed by atoms with Crippen molar-refractivity contribution in [1.29, 1.82) is 0 Å². The van der Waals surface area contributed by atoms with Gasteiger partial charge in [0.05, 0.1) is 48.4 Å². The third-order valence-corrected chi connectivity index (χ3v) is 13.1. The van der Waals surface area contributed by atoms with Crippen LogP contribution in [-0.2, 0) is 43.1 Å². The Bertz CT molecular complexity index is 2510. The monoisotopic (exact) mass is 920 g/mol. The highest BCUT2D eigenvalue weighted by Crippen LogP contribution is 2.47. The number of phenols is 2. The van der Waals surface area contributed by atoms with Crippen LogP contribution in [0.5, 0.6) is 17.2 Å². The molecular formula is C50H57BN2O14. The number of ketones is 3. The van der Waals surface area contributed by atoms with Crippen LogP contribution < -0.4 is 15.5 Å². The molecule has 17 heteroatoms. The van der Waals surface area contributed by atoms with Gasteiger partial charge in [-0.3, -0.25) is 24.1 Å². The highest BCUT2D eigenvalue weighted by molar-refractivity contribution is 6.58. The number of Topliss-reactive ketones (excluding diaryl/α,β-unsaturated/α-hetero) is 1. The number of carbonyl (C=O) groups excluding carboxylic acids is 5. The number of phenolic OH excluding ortho intramolecular Hbond substituents is 2. The second kappa shape index (κ2) is 20.8. The van der Waals surface area contributed by atoms with Gasteiger partial charge in [0, 0.05) is 29.2 Å². The maximum absolute atomic E-state index is 13.3. The van der Waals surface area contributed by atoms with Gasteiger partial charge in [-0.25, -0.2) is 4.79 Å². The Kier molecular flexibility index (Phi) is 15.2. The van der Waals surface area contributed by atoms with Crippen LogP contribution in [0.3, 0.4) is 0 Å². The first-order valence-electron chi connectivity index (χ1n) is 22.6. The summed E-state index contributed by atoms with van der Waals surface area (Å²) in [6.45, 7) is 8.22. The van der Waals surface area contributed by atoms with Crippen LogP contribution in [0.4, 0.5) is 4.79 Å². The first-order valence-corrected chi connectivity index (χ1v) is 22.6. The number of rotatable bonds is 12. The molecule has 2 aliphatic heterocycles. The third kappa shape index (κ3) is 10.1. The van der Waals surface area contributed by atoms with Crippen LogP contribution >= 0.6 is 0 Å². The smallest absolute Gasteiger partial charge is 0.488 e. The summed E-state index contributed by atoms with van der Waals surface area (Å²) in [5.74, 6) is -2.58. The molecule has 354 valence electrons. The minimum Gasteiger partial charge on any atom is -0.507 e. The highest BCUT2D eigenvalue weighted by atomic mass is 16.6. The first kappa shape index (κ1) is 48.8. The van der Waals surface area contributed by atoms with Crippen LogP contribution in [0.25, 0.3) is 0 Å². The van der Waals surface area contributed by atoms with Crippen LogP contribution in [-0.4, -0.2) is 119 Å². The summed E-state index contributed by atoms with van der Waals surface area (Å²) >= 11 is 0. The average Bonchev–Trinajstić information content (AvgIpc) is 3.78. The molecule has 8 rings (SSSR count). The van der Waals surface area contributed by atoms with Gasteiger partial charge in [0.1, 0.15) is 42.8 Å². The molecule has 6 atom stereocenters. The van der Waals surface area contributed by atoms with E-state index in [0.29, 0.717) is 42.0 Å². The summed E-state index contributed by atoms with van der Waals surface area (Å²) in [7, 11) is -0.229. The maximum atomic E-state index is 13.3. The lowest BCUT2D eigenvalue weighted by Crippen LogP contribution is -2.48. The predicted molar refractivity (Wildman–Crippen MR) is 245 cm³/mol. The Morgan fingerprint density at radius 1 is 0.866 bits per heavy atom. The summed E-state index contributed by atoms with van der Waals surface area (Å²) in [6, 6.07) is 19.0. The number of aliphatic hydroxyl groups excluding tert-OH is 1. The number of hydrogen-bond donors (Lipinski definition) is 6. The van der Waals surface area contributed by atoms with E-state index in [9.17, 15) is 44.2 Å². The molecule has 4 aromatic rings. The van der Waals surface area contributed by atoms with Crippen molar-refractivity contribution in [1.82, 2.24) is 10.2 Å². The first-order chi connectivity index (χ1) is 32.0. The van der Waals surface area contributed by atoms with Crippen molar-refractivity contribution in [2.75, 3.05) is 33.6 Å². The molecule has 0 radical (unpaired) electrons. The molecule has 2 amide bonds. The molecule has 2 aliphatic carbocycles. The molecule has 16 nitrogen and oxygen atoms in total. The summed E-state index contributed by atoms with van der Waals surface area (Å²) in [4.78, 5) is 66.0. The molecular weight excluding hydrogens is 863 g/mol. The zero-order valence-electron chi connectivity index (χ0n) is 38.2. The maximum Gasteiger partial charge on any atom is 0.488 e. The normalized spacial score (nSPS) is 20.3. The van der Waals surface area contributed by atoms with Crippen molar-refractivity contribution in [3.05, 3.63) is 117 Å². The molecule has 4 aliphatic rings. The Balaban J connectivity index is 0.000000209. The van der Waals surface area contributed by atoms with Gasteiger partial charge in [-0.05, 0) is 80.1 Å². The largest absolute Gasteiger partial charge is 0.507 e. The fourth-order valence-corrected chi connectivity index (χ4v) is 9.40. The van der Waals surface area contributed by atoms with E-state index in [1.807, 2.05) is 26.0 Å². The van der Waals surface area contributed by atoms with Crippen LogP contribution in [0.1, 0.15) is 112 Å². The zero-order chi connectivity index (χ0) is 48.3. The second-order valence-corrected chi connectivity index (χ2v) is 17.9. The SMILES string of the molecule is CC(C)Cc1ccc(C(C)C(=O)NCC(OC(=O)N2COC3C(C)OCCC32)c2ccc(B(O)O)cc2)cc1.COc1cccc2c1C(=O)c1c(O)c3c(c(O)c1C2=O)CC(C(=O)CO)CC3. The van der Waals surface area contributed by atoms with Crippen molar-refractivity contribution >= 4 is 41.9 Å². The summed E-state index contributed by atoms with van der Waals surface area (Å²) in [5.41, 5.74) is 3.38. The topological polar surface area (TPSA) is 239 Å². The fraction of sp³-hybridized carbons (Fsp3) is 0.420. The molecule has 2 saturated heterocycles. The van der Waals surface area contributed by atoms with Crippen LogP contribution in [0, 0.1) is 11.8 Å². The quantitative estimate of drug-likeness (QED) is 0.0766. The van der Waals surface area contributed by atoms with E-state index in [1.165, 1.54) is 18.7 Å². The number of nitrogens with zero attached hydrogens (tertiary/aromatic N) is 1. The van der Waals surface area contributed by atoms with Crippen molar-refractivity contribution < 1.29 is 68.3 Å². The van der Waals surface area contributed by atoms with Gasteiger partial charge in [-0.15, -0.1) is 0 Å². The van der Waals surface area contributed by atoms with Gasteiger partial charge in [0.2, 0.25) is 11.7 Å². The summed E-state index contributed by atoms with van der Waals surface area (Å²) in [6.07, 6.45) is 0.710. The second-order valence-electron chi connectivity index (χ2n) is 17.9. The molecule has 6 N–H and O–H groups in total. The number of methoxy groups -OCH3 is 1. The van der Waals surface area contributed by atoms with E-state index in [1.54, 1.807) is 41.3 Å². The molecule has 4 aromatic carbocycles. The number of aliphatic hydroxyl groups is 1. The van der Waals surface area contributed by atoms with Gasteiger partial charge in [0.15, 0.2) is 11.6 Å². The Hall–Kier alpha value is -6.11. The number of benzene rings is 4. The number of hydrogen-bond acceptors (Lipinski definition) is 14. The number of aromatic hydroxyl groups is 2. The molecule has 0 bridgehead atoms. The van der Waals surface area contributed by atoms with Gasteiger partial charge in [-0.1, -0.05) is 74.5 Å². The van der Waals surface area contributed by atoms with Gasteiger partial charge >= 0.3 is 13.2 Å². The van der Waals surface area contributed by atoms with Crippen LogP contribution in [0.15, 0.2) is 66.7 Å². The molecule has 0 aromatic heterocycles. The number of carbonyl (C=O) groups is 5. The molecule has 67 heavy (non-hydrogen) atoms. The lowest BCUT2D eigenvalue weighted by molar-refractivity contribution is -0.126. The molecule has 0 saturated carbocycles. The van der Waals surface area contributed by atoms with Gasteiger partial charge in [0.25, 0.3) is 0 Å². The van der Waals surface area contributed by atoms with E-state index >= 15 is 0 Å². The van der Waals surface area contributed by atoms with E-state index in [4.69, 9.17) is 24.1 Å². The van der Waals surface area contributed by atoms with Crippen molar-refractivity contribution in [2.45, 2.75) is 90.1 Å². The van der Waals surface area contributed by atoms with Crippen molar-refractivity contribution in [2.24, 2.45) is 11.8 Å². The summed E-state index contributed by atoms with van der Waals surface area (Å²) in [5, 5.41) is 52.6. The van der Waals surface area contributed by atoms with E-state index in [2.05, 4.69) is 31.3 Å². The molecule has 2 heterocycles. The van der Waals surface area contributed by atoms with E-state index in [0.717, 1.165) is 12.0 Å². The lowest BCUT2D eigenvalue weighted by atomic mass is 9.75. The number of nitrogens with one attached hydrogen (secondary N) is 1. The van der Waals surface area contributed by atoms with Crippen LogP contribution in [0.2, 0.25) is 0 Å². The summed E-state index contributed by atoms with van der Waals surface area (Å²) < 4.78 is 22.6. The van der Waals surface area contributed by atoms with Gasteiger partial charge in [-0.2, -0.15) is 0 Å². The average molecular weight is 921 g/mol. The minimum absolute atomic E-state index is 0.0568. The molecule has 2 fully saturated rings. The third-order valence-electron chi connectivity index (χ3n) is 13.1. The van der Waals surface area contributed by atoms with Crippen molar-refractivity contribution in [3.8, 4) is 17.2 Å². The highest BCUT2D eigenvalue weighted by Gasteiger charge is 2.45. The van der Waals surface area contributed by atoms with E-state index < -0.39 is 49.3 Å². The zero-order valence-corrected chi connectivity index (χ0v) is 38.2. The van der Waals surface area contributed by atoms with Crippen molar-refractivity contribution in [3.63, 3.8) is 0 Å². The lowest BCUT2D eigenvalue weighted by Gasteiger charge is -2.33. The Morgan fingerprint density at radius 2 is 1.54 bits per heavy atom. The fourth-order valence-electron chi connectivity index (χ4n) is 9.40. The molecule has 6 unspecified atom stereocenters. The Labute approximate surface area is 389 Å². The van der Waals surface area contributed by atoms with Gasteiger partial charge < -0.3 is 49.6 Å². The number of amides is 2.